The Labute approximate surface area is 156 Å². The fourth-order valence-electron chi connectivity index (χ4n) is 2.83. The Morgan fingerprint density at radius 2 is 1.81 bits per heavy atom. The molecule has 0 saturated heterocycles. The van der Waals surface area contributed by atoms with Crippen molar-refractivity contribution >= 4 is 39.7 Å². The van der Waals surface area contributed by atoms with Crippen molar-refractivity contribution in [3.8, 4) is 0 Å². The summed E-state index contributed by atoms with van der Waals surface area (Å²) >= 11 is 0.839. The molecule has 6 N–H and O–H groups in total. The number of nitrogen functional groups attached to an aromatic ring is 2. The topological polar surface area (TPSA) is 126 Å². The highest BCUT2D eigenvalue weighted by Gasteiger charge is 2.21. The van der Waals surface area contributed by atoms with E-state index in [0.29, 0.717) is 28.3 Å². The lowest BCUT2D eigenvalue weighted by atomic mass is 9.87. The van der Waals surface area contributed by atoms with Crippen LogP contribution in [0.5, 0.6) is 0 Å². The summed E-state index contributed by atoms with van der Waals surface area (Å²) in [6.45, 7) is 7.02. The summed E-state index contributed by atoms with van der Waals surface area (Å²) in [4.78, 5) is 20.2. The molecule has 8 heteroatoms. The Hall–Kier alpha value is -2.74. The maximum Gasteiger partial charge on any atom is 0.281 e. The molecule has 0 aliphatic rings. The number of carbonyl (C=O) groups is 1. The van der Waals surface area contributed by atoms with E-state index in [1.165, 1.54) is 11.9 Å². The second-order valence-electron chi connectivity index (χ2n) is 7.13. The number of nitrogens with zero attached hydrogens (tertiary/aromatic N) is 3. The molecule has 0 aliphatic carbocycles. The third-order valence-electron chi connectivity index (χ3n) is 4.23. The van der Waals surface area contributed by atoms with Crippen LogP contribution in [0.1, 0.15) is 31.9 Å². The van der Waals surface area contributed by atoms with Crippen molar-refractivity contribution < 1.29 is 4.79 Å². The summed E-state index contributed by atoms with van der Waals surface area (Å²) in [5.41, 5.74) is 20.6. The monoisotopic (exact) mass is 370 g/mol. The van der Waals surface area contributed by atoms with Gasteiger partial charge in [-0.15, -0.1) is 0 Å². The first-order chi connectivity index (χ1) is 12.2. The number of hydrogen-bond acceptors (Lipinski definition) is 6. The summed E-state index contributed by atoms with van der Waals surface area (Å²) in [5, 5.41) is -0.00588. The SMILES string of the molecule is CC(C)(C)c1ccc(Cn2c(N)c(SC(N)=O)c3c(N)ncnc32)cc1. The number of benzene rings is 1. The Kier molecular flexibility index (Phi) is 4.53. The smallest absolute Gasteiger partial charge is 0.281 e. The number of amides is 1. The van der Waals surface area contributed by atoms with Crippen LogP contribution in [0.4, 0.5) is 16.4 Å². The summed E-state index contributed by atoms with van der Waals surface area (Å²) in [7, 11) is 0. The molecule has 1 amide bonds. The third kappa shape index (κ3) is 3.32. The molecule has 1 aromatic carbocycles. The second kappa shape index (κ2) is 6.53. The molecule has 0 radical (unpaired) electrons. The standard InChI is InChI=1S/C18H22N6OS/c1-18(2,3)11-6-4-10(5-7-11)8-24-15(20)13(26-17(21)25)12-14(19)22-9-23-16(12)24/h4-7,9H,8,20H2,1-3H3,(H2,21,25)(H2,19,22,23). The molecular formula is C18H22N6OS. The van der Waals surface area contributed by atoms with E-state index in [1.807, 2.05) is 4.57 Å². The molecular weight excluding hydrogens is 348 g/mol. The molecule has 2 heterocycles. The zero-order valence-electron chi connectivity index (χ0n) is 15.0. The normalized spacial score (nSPS) is 11.8. The first-order valence-electron chi connectivity index (χ1n) is 8.13. The van der Waals surface area contributed by atoms with E-state index in [-0.39, 0.29) is 11.2 Å². The van der Waals surface area contributed by atoms with E-state index in [0.717, 1.165) is 17.3 Å². The number of thioether (sulfide) groups is 1. The van der Waals surface area contributed by atoms with Crippen molar-refractivity contribution in [1.29, 1.82) is 0 Å². The van der Waals surface area contributed by atoms with Gasteiger partial charge < -0.3 is 21.8 Å². The van der Waals surface area contributed by atoms with E-state index in [2.05, 4.69) is 55.0 Å². The van der Waals surface area contributed by atoms with E-state index in [1.54, 1.807) is 0 Å². The van der Waals surface area contributed by atoms with Crippen molar-refractivity contribution in [3.05, 3.63) is 41.7 Å². The summed E-state index contributed by atoms with van der Waals surface area (Å²) in [5.74, 6) is 0.670. The Morgan fingerprint density at radius 3 is 2.38 bits per heavy atom. The molecule has 0 fully saturated rings. The predicted octanol–water partition coefficient (Wildman–Crippen LogP) is 3.11. The molecule has 136 valence electrons. The van der Waals surface area contributed by atoms with Crippen LogP contribution >= 0.6 is 11.8 Å². The van der Waals surface area contributed by atoms with Crippen molar-refractivity contribution in [2.75, 3.05) is 11.5 Å². The molecule has 26 heavy (non-hydrogen) atoms. The highest BCUT2D eigenvalue weighted by atomic mass is 32.2. The predicted molar refractivity (Wildman–Crippen MR) is 106 cm³/mol. The quantitative estimate of drug-likeness (QED) is 0.608. The Balaban J connectivity index is 2.07. The van der Waals surface area contributed by atoms with Gasteiger partial charge in [0.1, 0.15) is 23.6 Å². The van der Waals surface area contributed by atoms with Gasteiger partial charge in [0.05, 0.1) is 16.8 Å². The van der Waals surface area contributed by atoms with Crippen LogP contribution in [0.25, 0.3) is 11.0 Å². The minimum Gasteiger partial charge on any atom is -0.384 e. The lowest BCUT2D eigenvalue weighted by molar-refractivity contribution is 0.267. The van der Waals surface area contributed by atoms with E-state index < -0.39 is 5.24 Å². The highest BCUT2D eigenvalue weighted by Crippen LogP contribution is 2.38. The minimum absolute atomic E-state index is 0.0880. The van der Waals surface area contributed by atoms with Gasteiger partial charge in [-0.2, -0.15) is 0 Å². The van der Waals surface area contributed by atoms with Crippen molar-refractivity contribution in [1.82, 2.24) is 14.5 Å². The van der Waals surface area contributed by atoms with Gasteiger partial charge in [-0.25, -0.2) is 9.97 Å². The van der Waals surface area contributed by atoms with E-state index in [4.69, 9.17) is 17.2 Å². The fourth-order valence-corrected chi connectivity index (χ4v) is 3.55. The number of rotatable bonds is 3. The average molecular weight is 370 g/mol. The highest BCUT2D eigenvalue weighted by molar-refractivity contribution is 8.13. The maximum atomic E-state index is 11.4. The summed E-state index contributed by atoms with van der Waals surface area (Å²) < 4.78 is 1.82. The first-order valence-corrected chi connectivity index (χ1v) is 8.95. The molecule has 0 aliphatic heterocycles. The Morgan fingerprint density at radius 1 is 1.15 bits per heavy atom. The van der Waals surface area contributed by atoms with Gasteiger partial charge in [0.25, 0.3) is 5.24 Å². The number of nitrogens with two attached hydrogens (primary N) is 3. The van der Waals surface area contributed by atoms with E-state index >= 15 is 0 Å². The van der Waals surface area contributed by atoms with Gasteiger partial charge in [0, 0.05) is 0 Å². The fraction of sp³-hybridized carbons (Fsp3) is 0.278. The van der Waals surface area contributed by atoms with Crippen LogP contribution in [0.3, 0.4) is 0 Å². The lowest BCUT2D eigenvalue weighted by Gasteiger charge is -2.19. The zero-order chi connectivity index (χ0) is 19.1. The second-order valence-corrected chi connectivity index (χ2v) is 8.14. The van der Waals surface area contributed by atoms with Crippen LogP contribution in [0, 0.1) is 0 Å². The molecule has 2 aromatic heterocycles. The van der Waals surface area contributed by atoms with Gasteiger partial charge >= 0.3 is 0 Å². The van der Waals surface area contributed by atoms with Gasteiger partial charge in [0.2, 0.25) is 0 Å². The van der Waals surface area contributed by atoms with Crippen LogP contribution in [0.15, 0.2) is 35.5 Å². The van der Waals surface area contributed by atoms with Crippen LogP contribution in [0.2, 0.25) is 0 Å². The van der Waals surface area contributed by atoms with Crippen LogP contribution in [-0.4, -0.2) is 19.8 Å². The maximum absolute atomic E-state index is 11.4. The van der Waals surface area contributed by atoms with Crippen molar-refractivity contribution in [2.24, 2.45) is 5.73 Å². The van der Waals surface area contributed by atoms with Gasteiger partial charge in [-0.1, -0.05) is 45.0 Å². The minimum atomic E-state index is -0.562. The van der Waals surface area contributed by atoms with E-state index in [9.17, 15) is 4.79 Å². The van der Waals surface area contributed by atoms with Crippen molar-refractivity contribution in [3.63, 3.8) is 0 Å². The first kappa shape index (κ1) is 18.1. The number of anilines is 2. The zero-order valence-corrected chi connectivity index (χ0v) is 15.8. The number of carbonyl (C=O) groups excluding carboxylic acids is 1. The Bertz CT molecular complexity index is 972. The average Bonchev–Trinajstić information content (AvgIpc) is 2.81. The van der Waals surface area contributed by atoms with Crippen LogP contribution < -0.4 is 17.2 Å². The van der Waals surface area contributed by atoms with Gasteiger partial charge in [-0.3, -0.25) is 4.79 Å². The van der Waals surface area contributed by atoms with Gasteiger partial charge in [-0.05, 0) is 28.3 Å². The number of aromatic nitrogens is 3. The third-order valence-corrected chi connectivity index (χ3v) is 5.04. The number of fused-ring (bicyclic) bond motifs is 1. The summed E-state index contributed by atoms with van der Waals surface area (Å²) in [6, 6.07) is 8.36. The van der Waals surface area contributed by atoms with Crippen molar-refractivity contribution in [2.45, 2.75) is 37.6 Å². The van der Waals surface area contributed by atoms with Crippen LogP contribution in [-0.2, 0) is 12.0 Å². The number of hydrogen-bond donors (Lipinski definition) is 3. The molecule has 0 bridgehead atoms. The lowest BCUT2D eigenvalue weighted by Crippen LogP contribution is -2.11. The largest absolute Gasteiger partial charge is 0.384 e. The molecule has 0 spiro atoms. The molecule has 0 saturated carbocycles. The molecule has 0 atom stereocenters. The molecule has 3 aromatic rings. The number of primary amides is 1. The molecule has 7 nitrogen and oxygen atoms in total. The van der Waals surface area contributed by atoms with Gasteiger partial charge in [0.15, 0.2) is 0 Å². The molecule has 3 rings (SSSR count). The summed E-state index contributed by atoms with van der Waals surface area (Å²) in [6.07, 6.45) is 1.38. The molecule has 0 unspecified atom stereocenters.